The lowest BCUT2D eigenvalue weighted by atomic mass is 10.1. The number of anilines is 1. The van der Waals surface area contributed by atoms with Crippen LogP contribution in [0.1, 0.15) is 35.8 Å². The van der Waals surface area contributed by atoms with E-state index >= 15 is 0 Å². The Morgan fingerprint density at radius 3 is 2.63 bits per heavy atom. The molecule has 1 amide bonds. The first-order valence-corrected chi connectivity index (χ1v) is 8.93. The number of amides is 1. The van der Waals surface area contributed by atoms with Gasteiger partial charge >= 0.3 is 0 Å². The molecule has 0 aliphatic carbocycles. The highest BCUT2D eigenvalue weighted by molar-refractivity contribution is 6.06. The van der Waals surface area contributed by atoms with Crippen LogP contribution in [-0.2, 0) is 6.54 Å². The molecule has 0 aliphatic rings. The van der Waals surface area contributed by atoms with Gasteiger partial charge in [0.2, 0.25) is 0 Å². The Hall–Kier alpha value is -3.41. The van der Waals surface area contributed by atoms with E-state index < -0.39 is 0 Å². The molecule has 4 aromatic rings. The molecule has 0 atom stereocenters. The van der Waals surface area contributed by atoms with E-state index in [4.69, 9.17) is 0 Å². The van der Waals surface area contributed by atoms with Crippen molar-refractivity contribution in [2.75, 3.05) is 5.32 Å². The van der Waals surface area contributed by atoms with Crippen molar-refractivity contribution >= 4 is 22.5 Å². The summed E-state index contributed by atoms with van der Waals surface area (Å²) in [7, 11) is 0. The molecule has 0 fully saturated rings. The van der Waals surface area contributed by atoms with Gasteiger partial charge in [-0.25, -0.2) is 9.67 Å². The fourth-order valence-electron chi connectivity index (χ4n) is 3.15. The van der Waals surface area contributed by atoms with Crippen molar-refractivity contribution in [3.05, 3.63) is 78.5 Å². The first-order chi connectivity index (χ1) is 13.1. The predicted octanol–water partition coefficient (Wildman–Crippen LogP) is 4.11. The van der Waals surface area contributed by atoms with Gasteiger partial charge in [-0.2, -0.15) is 5.10 Å². The van der Waals surface area contributed by atoms with E-state index in [9.17, 15) is 4.79 Å². The third-order valence-electron chi connectivity index (χ3n) is 4.56. The average Bonchev–Trinajstić information content (AvgIpc) is 3.32. The fraction of sp³-hybridized carbons (Fsp3) is 0.190. The lowest BCUT2D eigenvalue weighted by molar-refractivity contribution is 0.102. The van der Waals surface area contributed by atoms with E-state index in [2.05, 4.69) is 40.0 Å². The Balaban J connectivity index is 1.47. The summed E-state index contributed by atoms with van der Waals surface area (Å²) in [5.74, 6) is -0.113. The second-order valence-corrected chi connectivity index (χ2v) is 6.83. The van der Waals surface area contributed by atoms with Crippen LogP contribution in [0.15, 0.2) is 67.4 Å². The molecule has 2 aromatic carbocycles. The molecule has 2 heterocycles. The number of benzene rings is 2. The van der Waals surface area contributed by atoms with Crippen molar-refractivity contribution in [1.29, 1.82) is 0 Å². The molecular weight excluding hydrogens is 338 g/mol. The molecule has 1 N–H and O–H groups in total. The number of nitrogens with zero attached hydrogens (tertiary/aromatic N) is 4. The number of hydrogen-bond acceptors (Lipinski definition) is 3. The zero-order valence-corrected chi connectivity index (χ0v) is 15.3. The maximum absolute atomic E-state index is 12.6. The molecule has 0 unspecified atom stereocenters. The summed E-state index contributed by atoms with van der Waals surface area (Å²) in [5, 5.41) is 8.12. The SMILES string of the molecule is CC(C)n1ccc2cc(C(=O)Nc3ccc(Cn4cncn4)cc3)ccc21. The van der Waals surface area contributed by atoms with E-state index in [0.717, 1.165) is 22.2 Å². The van der Waals surface area contributed by atoms with Crippen molar-refractivity contribution in [2.45, 2.75) is 26.4 Å². The summed E-state index contributed by atoms with van der Waals surface area (Å²) in [6.45, 7) is 4.94. The highest BCUT2D eigenvalue weighted by atomic mass is 16.1. The third-order valence-corrected chi connectivity index (χ3v) is 4.56. The largest absolute Gasteiger partial charge is 0.345 e. The van der Waals surface area contributed by atoms with Crippen molar-refractivity contribution in [3.63, 3.8) is 0 Å². The Labute approximate surface area is 157 Å². The Morgan fingerprint density at radius 2 is 1.93 bits per heavy atom. The Bertz CT molecular complexity index is 1060. The monoisotopic (exact) mass is 359 g/mol. The molecule has 2 aromatic heterocycles. The van der Waals surface area contributed by atoms with Crippen LogP contribution in [-0.4, -0.2) is 25.2 Å². The maximum atomic E-state index is 12.6. The lowest BCUT2D eigenvalue weighted by Gasteiger charge is -2.10. The standard InChI is InChI=1S/C21H21N5O/c1-15(2)26-10-9-17-11-18(5-8-20(17)26)21(27)24-19-6-3-16(4-7-19)12-25-14-22-13-23-25/h3-11,13-15H,12H2,1-2H3,(H,24,27). The molecule has 136 valence electrons. The highest BCUT2D eigenvalue weighted by Gasteiger charge is 2.10. The molecule has 0 aliphatic heterocycles. The van der Waals surface area contributed by atoms with Gasteiger partial charge in [-0.05, 0) is 55.8 Å². The molecule has 6 heteroatoms. The molecule has 0 radical (unpaired) electrons. The lowest BCUT2D eigenvalue weighted by Crippen LogP contribution is -2.12. The van der Waals surface area contributed by atoms with Crippen LogP contribution in [0.25, 0.3) is 10.9 Å². The average molecular weight is 359 g/mol. The predicted molar refractivity (Wildman–Crippen MR) is 106 cm³/mol. The molecule has 4 rings (SSSR count). The molecular formula is C21H21N5O. The summed E-state index contributed by atoms with van der Waals surface area (Å²) in [4.78, 5) is 16.5. The first kappa shape index (κ1) is 17.0. The number of rotatable bonds is 5. The van der Waals surface area contributed by atoms with Crippen LogP contribution in [0.5, 0.6) is 0 Å². The Kier molecular flexibility index (Phi) is 4.46. The fourth-order valence-corrected chi connectivity index (χ4v) is 3.15. The van der Waals surface area contributed by atoms with Crippen LogP contribution < -0.4 is 5.32 Å². The topological polar surface area (TPSA) is 64.7 Å². The number of nitrogens with one attached hydrogen (secondary N) is 1. The number of fused-ring (bicyclic) bond motifs is 1. The van der Waals surface area contributed by atoms with Gasteiger partial charge in [0, 0.05) is 34.4 Å². The maximum Gasteiger partial charge on any atom is 0.255 e. The van der Waals surface area contributed by atoms with Crippen LogP contribution in [0.4, 0.5) is 5.69 Å². The normalized spacial score (nSPS) is 11.2. The van der Waals surface area contributed by atoms with Crippen molar-refractivity contribution < 1.29 is 4.79 Å². The summed E-state index contributed by atoms with van der Waals surface area (Å²) < 4.78 is 3.96. The van der Waals surface area contributed by atoms with Gasteiger partial charge in [0.15, 0.2) is 0 Å². The van der Waals surface area contributed by atoms with Gasteiger partial charge in [0.05, 0.1) is 6.54 Å². The van der Waals surface area contributed by atoms with Gasteiger partial charge < -0.3 is 9.88 Å². The second kappa shape index (κ2) is 7.07. The van der Waals surface area contributed by atoms with Crippen molar-refractivity contribution in [1.82, 2.24) is 19.3 Å². The Morgan fingerprint density at radius 1 is 1.11 bits per heavy atom. The minimum atomic E-state index is -0.113. The van der Waals surface area contributed by atoms with E-state index in [0.29, 0.717) is 18.2 Å². The molecule has 6 nitrogen and oxygen atoms in total. The van der Waals surface area contributed by atoms with E-state index in [1.165, 1.54) is 6.33 Å². The summed E-state index contributed by atoms with van der Waals surface area (Å²) in [6, 6.07) is 16.0. The molecule has 0 saturated carbocycles. The van der Waals surface area contributed by atoms with Gasteiger partial charge in [-0.1, -0.05) is 12.1 Å². The molecule has 27 heavy (non-hydrogen) atoms. The number of aromatic nitrogens is 4. The third kappa shape index (κ3) is 3.60. The van der Waals surface area contributed by atoms with E-state index in [1.54, 1.807) is 11.0 Å². The number of hydrogen-bond donors (Lipinski definition) is 1. The molecule has 0 bridgehead atoms. The van der Waals surface area contributed by atoms with Crippen LogP contribution in [0, 0.1) is 0 Å². The summed E-state index contributed by atoms with van der Waals surface area (Å²) in [5.41, 5.74) is 3.65. The summed E-state index contributed by atoms with van der Waals surface area (Å²) >= 11 is 0. The van der Waals surface area contributed by atoms with E-state index in [-0.39, 0.29) is 5.91 Å². The van der Waals surface area contributed by atoms with Crippen molar-refractivity contribution in [2.24, 2.45) is 0 Å². The minimum absolute atomic E-state index is 0.113. The van der Waals surface area contributed by atoms with Crippen molar-refractivity contribution in [3.8, 4) is 0 Å². The van der Waals surface area contributed by atoms with Gasteiger partial charge in [-0.15, -0.1) is 0 Å². The zero-order chi connectivity index (χ0) is 18.8. The zero-order valence-electron chi connectivity index (χ0n) is 15.3. The van der Waals surface area contributed by atoms with Gasteiger partial charge in [-0.3, -0.25) is 4.79 Å². The number of carbonyl (C=O) groups is 1. The number of carbonyl (C=O) groups excluding carboxylic acids is 1. The van der Waals surface area contributed by atoms with Crippen LogP contribution >= 0.6 is 0 Å². The quantitative estimate of drug-likeness (QED) is 0.583. The van der Waals surface area contributed by atoms with Crippen LogP contribution in [0.2, 0.25) is 0 Å². The highest BCUT2D eigenvalue weighted by Crippen LogP contribution is 2.22. The second-order valence-electron chi connectivity index (χ2n) is 6.83. The smallest absolute Gasteiger partial charge is 0.255 e. The van der Waals surface area contributed by atoms with Crippen LogP contribution in [0.3, 0.4) is 0 Å². The molecule has 0 spiro atoms. The minimum Gasteiger partial charge on any atom is -0.345 e. The van der Waals surface area contributed by atoms with E-state index in [1.807, 2.05) is 48.5 Å². The summed E-state index contributed by atoms with van der Waals surface area (Å²) in [6.07, 6.45) is 5.25. The van der Waals surface area contributed by atoms with Gasteiger partial charge in [0.1, 0.15) is 12.7 Å². The first-order valence-electron chi connectivity index (χ1n) is 8.93. The van der Waals surface area contributed by atoms with Gasteiger partial charge in [0.25, 0.3) is 5.91 Å². The molecule has 0 saturated heterocycles.